The Balaban J connectivity index is 2.81. The van der Waals surface area contributed by atoms with Crippen molar-refractivity contribution in [1.82, 2.24) is 10.2 Å². The molecule has 0 heterocycles. The van der Waals surface area contributed by atoms with E-state index in [1.807, 2.05) is 52.2 Å². The molecule has 0 fully saturated rings. The van der Waals surface area contributed by atoms with Crippen LogP contribution in [0.1, 0.15) is 25.5 Å². The Kier molecular flexibility index (Phi) is 6.18. The van der Waals surface area contributed by atoms with Gasteiger partial charge in [0.25, 0.3) is 0 Å². The van der Waals surface area contributed by atoms with Gasteiger partial charge in [0, 0.05) is 13.1 Å². The lowest BCUT2D eigenvalue weighted by molar-refractivity contribution is -0.129. The summed E-state index contributed by atoms with van der Waals surface area (Å²) in [5.74, 6) is 0.785. The molecule has 118 valence electrons. The summed E-state index contributed by atoms with van der Waals surface area (Å²) in [6.45, 7) is 4.55. The average Bonchev–Trinajstić information content (AvgIpc) is 2.47. The Bertz CT molecular complexity index is 472. The van der Waals surface area contributed by atoms with Crippen LogP contribution in [0.2, 0.25) is 0 Å². The van der Waals surface area contributed by atoms with Crippen molar-refractivity contribution in [1.29, 1.82) is 0 Å². The number of rotatable bonds is 7. The maximum atomic E-state index is 12.1. The number of benzene rings is 1. The number of likely N-dealkylation sites (N-methyl/N-ethyl adjacent to an activating group) is 1. The highest BCUT2D eigenvalue weighted by molar-refractivity contribution is 5.82. The van der Waals surface area contributed by atoms with Crippen LogP contribution in [-0.4, -0.2) is 45.1 Å². The second-order valence-corrected chi connectivity index (χ2v) is 6.05. The lowest BCUT2D eigenvalue weighted by atomic mass is 9.92. The maximum absolute atomic E-state index is 12.1. The summed E-state index contributed by atoms with van der Waals surface area (Å²) in [7, 11) is 5.63. The molecule has 0 spiro atoms. The standard InChI is InChI=1S/C16H27N3O2/c1-16(2,11-17)15(20)18-10-14(19(3)4)12-7-6-8-13(9-12)21-5/h6-9,14H,10-11,17H2,1-5H3,(H,18,20). The molecule has 0 aliphatic heterocycles. The molecule has 0 aliphatic carbocycles. The van der Waals surface area contributed by atoms with Gasteiger partial charge >= 0.3 is 0 Å². The predicted octanol–water partition coefficient (Wildman–Crippen LogP) is 1.40. The summed E-state index contributed by atoms with van der Waals surface area (Å²) >= 11 is 0. The lowest BCUT2D eigenvalue weighted by Crippen LogP contribution is -2.44. The van der Waals surface area contributed by atoms with Crippen LogP contribution in [0.5, 0.6) is 5.75 Å². The highest BCUT2D eigenvalue weighted by atomic mass is 16.5. The molecule has 21 heavy (non-hydrogen) atoms. The summed E-state index contributed by atoms with van der Waals surface area (Å²) in [4.78, 5) is 14.2. The van der Waals surface area contributed by atoms with Crippen molar-refractivity contribution >= 4 is 5.91 Å². The third-order valence-electron chi connectivity index (χ3n) is 3.68. The Labute approximate surface area is 127 Å². The van der Waals surface area contributed by atoms with Crippen LogP contribution in [0, 0.1) is 5.41 Å². The van der Waals surface area contributed by atoms with Crippen LogP contribution < -0.4 is 15.8 Å². The number of nitrogens with two attached hydrogens (primary N) is 1. The van der Waals surface area contributed by atoms with Gasteiger partial charge in [0.15, 0.2) is 0 Å². The van der Waals surface area contributed by atoms with Crippen molar-refractivity contribution in [3.8, 4) is 5.75 Å². The van der Waals surface area contributed by atoms with Crippen LogP contribution in [-0.2, 0) is 4.79 Å². The van der Waals surface area contributed by atoms with E-state index in [-0.39, 0.29) is 11.9 Å². The monoisotopic (exact) mass is 293 g/mol. The maximum Gasteiger partial charge on any atom is 0.227 e. The fourth-order valence-electron chi connectivity index (χ4n) is 1.97. The van der Waals surface area contributed by atoms with Gasteiger partial charge in [0.2, 0.25) is 5.91 Å². The third kappa shape index (κ3) is 4.72. The number of nitrogens with one attached hydrogen (secondary N) is 1. The summed E-state index contributed by atoms with van der Waals surface area (Å²) in [5, 5.41) is 2.99. The zero-order chi connectivity index (χ0) is 16.0. The van der Waals surface area contributed by atoms with Crippen LogP contribution >= 0.6 is 0 Å². The number of nitrogens with zero attached hydrogens (tertiary/aromatic N) is 1. The van der Waals surface area contributed by atoms with Gasteiger partial charge in [-0.25, -0.2) is 0 Å². The quantitative estimate of drug-likeness (QED) is 0.797. The van der Waals surface area contributed by atoms with Crippen LogP contribution in [0.4, 0.5) is 0 Å². The first-order valence-corrected chi connectivity index (χ1v) is 7.10. The summed E-state index contributed by atoms with van der Waals surface area (Å²) in [6.07, 6.45) is 0. The molecule has 0 aliphatic rings. The Morgan fingerprint density at radius 2 is 2.10 bits per heavy atom. The van der Waals surface area contributed by atoms with Gasteiger partial charge < -0.3 is 20.7 Å². The molecule has 5 nitrogen and oxygen atoms in total. The average molecular weight is 293 g/mol. The number of hydrogen-bond acceptors (Lipinski definition) is 4. The Hall–Kier alpha value is -1.59. The first-order chi connectivity index (χ1) is 9.81. The Morgan fingerprint density at radius 3 is 2.62 bits per heavy atom. The number of carbonyl (C=O) groups is 1. The fraction of sp³-hybridized carbons (Fsp3) is 0.562. The van der Waals surface area contributed by atoms with E-state index >= 15 is 0 Å². The first kappa shape index (κ1) is 17.5. The van der Waals surface area contributed by atoms with Gasteiger partial charge in [-0.05, 0) is 45.6 Å². The SMILES string of the molecule is COc1cccc(C(CNC(=O)C(C)(C)CN)N(C)C)c1. The van der Waals surface area contributed by atoms with Crippen molar-refractivity contribution in [2.45, 2.75) is 19.9 Å². The van der Waals surface area contributed by atoms with Crippen LogP contribution in [0.15, 0.2) is 24.3 Å². The van der Waals surface area contributed by atoms with E-state index < -0.39 is 5.41 Å². The molecule has 1 amide bonds. The third-order valence-corrected chi connectivity index (χ3v) is 3.68. The minimum absolute atomic E-state index is 0.0280. The summed E-state index contributed by atoms with van der Waals surface area (Å²) in [6, 6.07) is 7.97. The number of methoxy groups -OCH3 is 1. The molecule has 0 aromatic heterocycles. The second kappa shape index (κ2) is 7.43. The van der Waals surface area contributed by atoms with Gasteiger partial charge in [0.1, 0.15) is 5.75 Å². The number of amides is 1. The lowest BCUT2D eigenvalue weighted by Gasteiger charge is -2.28. The molecule has 1 rings (SSSR count). The molecule has 0 saturated heterocycles. The molecule has 0 bridgehead atoms. The molecule has 1 aromatic rings. The molecule has 0 saturated carbocycles. The second-order valence-electron chi connectivity index (χ2n) is 6.05. The zero-order valence-corrected chi connectivity index (χ0v) is 13.6. The van der Waals surface area contributed by atoms with Crippen molar-refractivity contribution in [3.05, 3.63) is 29.8 Å². The van der Waals surface area contributed by atoms with E-state index in [2.05, 4.69) is 10.2 Å². The normalized spacial score (nSPS) is 13.1. The van der Waals surface area contributed by atoms with E-state index in [0.717, 1.165) is 11.3 Å². The summed E-state index contributed by atoms with van der Waals surface area (Å²) in [5.41, 5.74) is 6.19. The minimum Gasteiger partial charge on any atom is -0.497 e. The first-order valence-electron chi connectivity index (χ1n) is 7.10. The van der Waals surface area contributed by atoms with Gasteiger partial charge in [-0.15, -0.1) is 0 Å². The van der Waals surface area contributed by atoms with E-state index in [9.17, 15) is 4.79 Å². The van der Waals surface area contributed by atoms with E-state index in [0.29, 0.717) is 13.1 Å². The van der Waals surface area contributed by atoms with E-state index in [1.54, 1.807) is 7.11 Å². The molecule has 1 unspecified atom stereocenters. The smallest absolute Gasteiger partial charge is 0.227 e. The molecule has 3 N–H and O–H groups in total. The number of ether oxygens (including phenoxy) is 1. The van der Waals surface area contributed by atoms with Crippen molar-refractivity contribution in [3.63, 3.8) is 0 Å². The van der Waals surface area contributed by atoms with Crippen molar-refractivity contribution < 1.29 is 9.53 Å². The largest absolute Gasteiger partial charge is 0.497 e. The van der Waals surface area contributed by atoms with Gasteiger partial charge in [0.05, 0.1) is 18.6 Å². The van der Waals surface area contributed by atoms with E-state index in [4.69, 9.17) is 10.5 Å². The van der Waals surface area contributed by atoms with Crippen LogP contribution in [0.3, 0.4) is 0 Å². The van der Waals surface area contributed by atoms with Gasteiger partial charge in [-0.2, -0.15) is 0 Å². The molecular formula is C16H27N3O2. The van der Waals surface area contributed by atoms with E-state index in [1.165, 1.54) is 0 Å². The van der Waals surface area contributed by atoms with Crippen LogP contribution in [0.25, 0.3) is 0 Å². The fourth-order valence-corrected chi connectivity index (χ4v) is 1.97. The highest BCUT2D eigenvalue weighted by Gasteiger charge is 2.26. The molecule has 1 aromatic carbocycles. The summed E-state index contributed by atoms with van der Waals surface area (Å²) < 4.78 is 5.26. The van der Waals surface area contributed by atoms with Gasteiger partial charge in [-0.3, -0.25) is 4.79 Å². The molecule has 1 atom stereocenters. The molecular weight excluding hydrogens is 266 g/mol. The Morgan fingerprint density at radius 1 is 1.43 bits per heavy atom. The molecule has 5 heteroatoms. The minimum atomic E-state index is -0.550. The van der Waals surface area contributed by atoms with Crippen molar-refractivity contribution in [2.75, 3.05) is 34.3 Å². The zero-order valence-electron chi connectivity index (χ0n) is 13.6. The van der Waals surface area contributed by atoms with Gasteiger partial charge in [-0.1, -0.05) is 12.1 Å². The van der Waals surface area contributed by atoms with Crippen molar-refractivity contribution in [2.24, 2.45) is 11.1 Å². The highest BCUT2D eigenvalue weighted by Crippen LogP contribution is 2.22. The number of carbonyl (C=O) groups excluding carboxylic acids is 1. The molecule has 0 radical (unpaired) electrons. The topological polar surface area (TPSA) is 67.6 Å². The predicted molar refractivity (Wildman–Crippen MR) is 85.3 cm³/mol. The number of hydrogen-bond donors (Lipinski definition) is 2.